The lowest BCUT2D eigenvalue weighted by atomic mass is 9.87. The highest BCUT2D eigenvalue weighted by atomic mass is 35.5. The van der Waals surface area contributed by atoms with Crippen LogP contribution in [0, 0.1) is 0 Å². The van der Waals surface area contributed by atoms with Gasteiger partial charge < -0.3 is 19.9 Å². The van der Waals surface area contributed by atoms with Crippen LogP contribution in [-0.4, -0.2) is 25.2 Å². The average molecular weight is 320 g/mol. The molecule has 0 saturated heterocycles. The molecule has 0 bridgehead atoms. The third-order valence-electron chi connectivity index (χ3n) is 3.72. The van der Waals surface area contributed by atoms with Crippen molar-refractivity contribution in [3.63, 3.8) is 0 Å². The van der Waals surface area contributed by atoms with Crippen LogP contribution >= 0.6 is 11.6 Å². The van der Waals surface area contributed by atoms with E-state index in [9.17, 15) is 9.90 Å². The van der Waals surface area contributed by atoms with Crippen LogP contribution in [0.1, 0.15) is 11.1 Å². The first-order valence-corrected chi connectivity index (χ1v) is 6.94. The van der Waals surface area contributed by atoms with E-state index in [-0.39, 0.29) is 0 Å². The Balaban J connectivity index is 2.21. The third kappa shape index (κ3) is 2.10. The fourth-order valence-corrected chi connectivity index (χ4v) is 2.75. The number of hydrogen-bond donors (Lipinski definition) is 2. The average Bonchev–Trinajstić information content (AvgIpc) is 2.78. The van der Waals surface area contributed by atoms with Crippen molar-refractivity contribution in [2.75, 3.05) is 19.5 Å². The van der Waals surface area contributed by atoms with Gasteiger partial charge in [-0.2, -0.15) is 0 Å². The number of amides is 1. The minimum Gasteiger partial charge on any atom is -0.497 e. The molecule has 22 heavy (non-hydrogen) atoms. The first-order valence-electron chi connectivity index (χ1n) is 6.56. The molecule has 1 aliphatic rings. The van der Waals surface area contributed by atoms with Gasteiger partial charge in [-0.3, -0.25) is 4.79 Å². The van der Waals surface area contributed by atoms with Crippen LogP contribution in [0.25, 0.3) is 0 Å². The molecule has 5 nitrogen and oxygen atoms in total. The Hall–Kier alpha value is -2.24. The van der Waals surface area contributed by atoms with Crippen molar-refractivity contribution in [3.8, 4) is 11.5 Å². The van der Waals surface area contributed by atoms with Gasteiger partial charge in [-0.15, -0.1) is 0 Å². The van der Waals surface area contributed by atoms with Crippen LogP contribution in [0.15, 0.2) is 36.4 Å². The molecule has 2 N–H and O–H groups in total. The van der Waals surface area contributed by atoms with Gasteiger partial charge in [0.1, 0.15) is 11.5 Å². The molecule has 3 rings (SSSR count). The van der Waals surface area contributed by atoms with Crippen LogP contribution < -0.4 is 14.8 Å². The summed E-state index contributed by atoms with van der Waals surface area (Å²) in [5.41, 5.74) is -0.525. The van der Waals surface area contributed by atoms with Gasteiger partial charge in [0.05, 0.1) is 14.2 Å². The highest BCUT2D eigenvalue weighted by molar-refractivity contribution is 6.31. The monoisotopic (exact) mass is 319 g/mol. The number of aliphatic hydroxyl groups is 1. The van der Waals surface area contributed by atoms with Crippen molar-refractivity contribution in [3.05, 3.63) is 52.5 Å². The predicted molar refractivity (Wildman–Crippen MR) is 82.6 cm³/mol. The molecule has 0 radical (unpaired) electrons. The smallest absolute Gasteiger partial charge is 0.265 e. The lowest BCUT2D eigenvalue weighted by Crippen LogP contribution is -2.35. The van der Waals surface area contributed by atoms with Gasteiger partial charge >= 0.3 is 0 Å². The molecule has 0 aliphatic carbocycles. The van der Waals surface area contributed by atoms with E-state index < -0.39 is 11.5 Å². The largest absolute Gasteiger partial charge is 0.497 e. The summed E-state index contributed by atoms with van der Waals surface area (Å²) in [6, 6.07) is 9.73. The zero-order chi connectivity index (χ0) is 15.9. The van der Waals surface area contributed by atoms with E-state index >= 15 is 0 Å². The van der Waals surface area contributed by atoms with E-state index in [0.29, 0.717) is 33.3 Å². The molecule has 0 spiro atoms. The summed E-state index contributed by atoms with van der Waals surface area (Å²) in [6.45, 7) is 0. The minimum absolute atomic E-state index is 0.363. The molecular formula is C16H14ClNO4. The second kappa shape index (κ2) is 5.19. The first kappa shape index (κ1) is 14.7. The summed E-state index contributed by atoms with van der Waals surface area (Å²) in [6.07, 6.45) is 0. The van der Waals surface area contributed by atoms with Crippen LogP contribution in [0.3, 0.4) is 0 Å². The number of anilines is 1. The topological polar surface area (TPSA) is 67.8 Å². The summed E-state index contributed by atoms with van der Waals surface area (Å²) in [5.74, 6) is 0.427. The van der Waals surface area contributed by atoms with Crippen molar-refractivity contribution in [1.29, 1.82) is 0 Å². The molecule has 1 aliphatic heterocycles. The van der Waals surface area contributed by atoms with Gasteiger partial charge in [-0.1, -0.05) is 17.7 Å². The second-order valence-corrected chi connectivity index (χ2v) is 5.39. The fourth-order valence-electron chi connectivity index (χ4n) is 2.57. The Bertz CT molecular complexity index is 740. The molecule has 0 saturated carbocycles. The van der Waals surface area contributed by atoms with E-state index in [1.807, 2.05) is 0 Å². The summed E-state index contributed by atoms with van der Waals surface area (Å²) in [4.78, 5) is 12.4. The Labute approximate surface area is 132 Å². The molecule has 0 aromatic heterocycles. The summed E-state index contributed by atoms with van der Waals surface area (Å²) in [5, 5.41) is 14.2. The van der Waals surface area contributed by atoms with Gasteiger partial charge in [0, 0.05) is 27.9 Å². The normalized spacial score (nSPS) is 19.5. The Morgan fingerprint density at radius 3 is 2.32 bits per heavy atom. The quantitative estimate of drug-likeness (QED) is 0.912. The molecule has 2 aromatic carbocycles. The fraction of sp³-hybridized carbons (Fsp3) is 0.188. The lowest BCUT2D eigenvalue weighted by molar-refractivity contribution is -0.129. The van der Waals surface area contributed by atoms with E-state index in [1.165, 1.54) is 14.2 Å². The lowest BCUT2D eigenvalue weighted by Gasteiger charge is -2.22. The van der Waals surface area contributed by atoms with Crippen molar-refractivity contribution >= 4 is 23.2 Å². The molecule has 1 amide bonds. The van der Waals surface area contributed by atoms with Crippen molar-refractivity contribution in [2.45, 2.75) is 5.60 Å². The number of methoxy groups -OCH3 is 2. The number of nitrogens with one attached hydrogen (secondary N) is 1. The van der Waals surface area contributed by atoms with E-state index in [2.05, 4.69) is 5.32 Å². The van der Waals surface area contributed by atoms with Crippen molar-refractivity contribution in [1.82, 2.24) is 0 Å². The number of carbonyl (C=O) groups is 1. The maximum Gasteiger partial charge on any atom is 0.265 e. The third-order valence-corrected chi connectivity index (χ3v) is 3.95. The molecule has 0 fully saturated rings. The molecular weight excluding hydrogens is 306 g/mol. The number of rotatable bonds is 3. The van der Waals surface area contributed by atoms with Crippen LogP contribution in [0.4, 0.5) is 5.69 Å². The van der Waals surface area contributed by atoms with Crippen LogP contribution in [0.5, 0.6) is 11.5 Å². The zero-order valence-corrected chi connectivity index (χ0v) is 12.8. The molecule has 114 valence electrons. The van der Waals surface area contributed by atoms with Crippen molar-refractivity contribution < 1.29 is 19.4 Å². The summed E-state index contributed by atoms with van der Waals surface area (Å²) >= 11 is 5.93. The standard InChI is InChI=1S/C16H14ClNO4/c1-21-11-5-9(6-12(8-11)22-2)16(20)13-4-3-10(17)7-14(13)18-15(16)19/h3-8,20H,1-2H3,(H,18,19). The van der Waals surface area contributed by atoms with Gasteiger partial charge in [-0.05, 0) is 24.3 Å². The molecule has 1 unspecified atom stereocenters. The van der Waals surface area contributed by atoms with E-state index in [4.69, 9.17) is 21.1 Å². The Morgan fingerprint density at radius 2 is 1.73 bits per heavy atom. The zero-order valence-electron chi connectivity index (χ0n) is 12.0. The summed E-state index contributed by atoms with van der Waals surface area (Å²) < 4.78 is 10.4. The SMILES string of the molecule is COc1cc(OC)cc(C2(O)C(=O)Nc3cc(Cl)ccc32)c1. The van der Waals surface area contributed by atoms with Gasteiger partial charge in [0.2, 0.25) is 0 Å². The highest BCUT2D eigenvalue weighted by Gasteiger charge is 2.47. The second-order valence-electron chi connectivity index (χ2n) is 4.96. The van der Waals surface area contributed by atoms with Gasteiger partial charge in [-0.25, -0.2) is 0 Å². The predicted octanol–water partition coefficient (Wildman–Crippen LogP) is 2.55. The molecule has 1 atom stereocenters. The van der Waals surface area contributed by atoms with Crippen molar-refractivity contribution in [2.24, 2.45) is 0 Å². The molecule has 1 heterocycles. The van der Waals surface area contributed by atoms with E-state index in [0.717, 1.165) is 0 Å². The number of fused-ring (bicyclic) bond motifs is 1. The minimum atomic E-state index is -1.82. The van der Waals surface area contributed by atoms with E-state index in [1.54, 1.807) is 36.4 Å². The number of carbonyl (C=O) groups excluding carboxylic acids is 1. The first-order chi connectivity index (χ1) is 10.5. The highest BCUT2D eigenvalue weighted by Crippen LogP contribution is 2.43. The van der Waals surface area contributed by atoms with Gasteiger partial charge in [0.15, 0.2) is 5.60 Å². The Kier molecular flexibility index (Phi) is 3.47. The number of hydrogen-bond acceptors (Lipinski definition) is 4. The number of halogens is 1. The maximum absolute atomic E-state index is 12.4. The number of benzene rings is 2. The van der Waals surface area contributed by atoms with Crippen LogP contribution in [-0.2, 0) is 10.4 Å². The number of ether oxygens (including phenoxy) is 2. The molecule has 2 aromatic rings. The maximum atomic E-state index is 12.4. The Morgan fingerprint density at radius 1 is 1.09 bits per heavy atom. The van der Waals surface area contributed by atoms with Crippen LogP contribution in [0.2, 0.25) is 5.02 Å². The van der Waals surface area contributed by atoms with Gasteiger partial charge in [0.25, 0.3) is 5.91 Å². The summed E-state index contributed by atoms with van der Waals surface area (Å²) in [7, 11) is 3.01. The molecule has 6 heteroatoms.